The summed E-state index contributed by atoms with van der Waals surface area (Å²) in [6.07, 6.45) is 3.55. The van der Waals surface area contributed by atoms with Crippen LogP contribution < -0.4 is 5.73 Å². The lowest BCUT2D eigenvalue weighted by Crippen LogP contribution is -2.37. The second-order valence-electron chi connectivity index (χ2n) is 4.42. The van der Waals surface area contributed by atoms with Gasteiger partial charge in [0.25, 0.3) is 0 Å². The van der Waals surface area contributed by atoms with Crippen LogP contribution in [-0.2, 0) is 16.8 Å². The Kier molecular flexibility index (Phi) is 2.79. The molecule has 2 N–H and O–H groups in total. The molecule has 0 radical (unpaired) electrons. The Morgan fingerprint density at radius 3 is 2.89 bits per heavy atom. The molecule has 18 heavy (non-hydrogen) atoms. The summed E-state index contributed by atoms with van der Waals surface area (Å²) in [7, 11) is 1.69. The molecule has 2 heterocycles. The van der Waals surface area contributed by atoms with Gasteiger partial charge >= 0.3 is 0 Å². The minimum absolute atomic E-state index is 0.331. The van der Waals surface area contributed by atoms with E-state index in [0.717, 1.165) is 25.0 Å². The molecule has 96 valence electrons. The van der Waals surface area contributed by atoms with Gasteiger partial charge in [-0.25, -0.2) is 4.98 Å². The van der Waals surface area contributed by atoms with Crippen LogP contribution in [-0.4, -0.2) is 22.2 Å². The third kappa shape index (κ3) is 1.89. The van der Waals surface area contributed by atoms with E-state index in [1.807, 2.05) is 5.38 Å². The first-order valence-electron chi connectivity index (χ1n) is 5.80. The highest BCUT2D eigenvalue weighted by Crippen LogP contribution is 2.42. The highest BCUT2D eigenvalue weighted by Gasteiger charge is 2.43. The number of ether oxygens (including phenoxy) is 1. The van der Waals surface area contributed by atoms with Crippen molar-refractivity contribution in [2.24, 2.45) is 0 Å². The van der Waals surface area contributed by atoms with E-state index in [-0.39, 0.29) is 5.60 Å². The lowest BCUT2D eigenvalue weighted by atomic mass is 9.79. The van der Waals surface area contributed by atoms with Gasteiger partial charge in [0.2, 0.25) is 11.7 Å². The third-order valence-corrected chi connectivity index (χ3v) is 4.05. The van der Waals surface area contributed by atoms with Crippen molar-refractivity contribution < 1.29 is 9.26 Å². The summed E-state index contributed by atoms with van der Waals surface area (Å²) in [4.78, 5) is 8.57. The molecule has 0 saturated heterocycles. The molecule has 0 unspecified atom stereocenters. The van der Waals surface area contributed by atoms with Crippen LogP contribution in [0.5, 0.6) is 0 Å². The maximum absolute atomic E-state index is 5.58. The number of hydrogen-bond donors (Lipinski definition) is 1. The Morgan fingerprint density at radius 2 is 2.33 bits per heavy atom. The average molecular weight is 266 g/mol. The summed E-state index contributed by atoms with van der Waals surface area (Å²) in [6.45, 7) is 0. The average Bonchev–Trinajstić information content (AvgIpc) is 2.89. The SMILES string of the molecule is COC1(c2noc(Cc3csc(N)n3)n2)CCC1. The second-order valence-corrected chi connectivity index (χ2v) is 5.31. The fourth-order valence-corrected chi connectivity index (χ4v) is 2.65. The molecule has 0 spiro atoms. The Hall–Kier alpha value is -1.47. The summed E-state index contributed by atoms with van der Waals surface area (Å²) < 4.78 is 10.8. The van der Waals surface area contributed by atoms with Crippen LogP contribution in [0.3, 0.4) is 0 Å². The number of hydrogen-bond acceptors (Lipinski definition) is 7. The van der Waals surface area contributed by atoms with E-state index >= 15 is 0 Å². The molecule has 1 aliphatic carbocycles. The zero-order valence-electron chi connectivity index (χ0n) is 10.0. The van der Waals surface area contributed by atoms with E-state index in [1.54, 1.807) is 7.11 Å². The van der Waals surface area contributed by atoms with E-state index in [0.29, 0.717) is 23.3 Å². The lowest BCUT2D eigenvalue weighted by molar-refractivity contribution is -0.0858. The topological polar surface area (TPSA) is 87.1 Å². The summed E-state index contributed by atoms with van der Waals surface area (Å²) >= 11 is 1.41. The van der Waals surface area contributed by atoms with Crippen LogP contribution >= 0.6 is 11.3 Å². The summed E-state index contributed by atoms with van der Waals surface area (Å²) in [6, 6.07) is 0. The minimum Gasteiger partial charge on any atom is -0.375 e. The number of nitrogens with zero attached hydrogens (tertiary/aromatic N) is 3. The monoisotopic (exact) mass is 266 g/mol. The van der Waals surface area contributed by atoms with Crippen molar-refractivity contribution in [2.75, 3.05) is 12.8 Å². The summed E-state index contributed by atoms with van der Waals surface area (Å²) in [5, 5.41) is 6.47. The predicted octanol–water partition coefficient (Wildman–Crippen LogP) is 1.72. The number of nitrogens with two attached hydrogens (primary N) is 1. The highest BCUT2D eigenvalue weighted by molar-refractivity contribution is 7.13. The van der Waals surface area contributed by atoms with Crippen molar-refractivity contribution in [3.63, 3.8) is 0 Å². The number of anilines is 1. The van der Waals surface area contributed by atoms with Gasteiger partial charge in [0.15, 0.2) is 5.13 Å². The molecule has 2 aromatic heterocycles. The molecule has 6 nitrogen and oxygen atoms in total. The van der Waals surface area contributed by atoms with Crippen molar-refractivity contribution in [1.29, 1.82) is 0 Å². The molecule has 0 aromatic carbocycles. The number of aromatic nitrogens is 3. The number of thiazole rings is 1. The Morgan fingerprint density at radius 1 is 1.50 bits per heavy atom. The van der Waals surface area contributed by atoms with Gasteiger partial charge < -0.3 is 15.0 Å². The maximum Gasteiger partial charge on any atom is 0.232 e. The standard InChI is InChI=1S/C11H14N4O2S/c1-16-11(3-2-4-11)9-14-8(17-15-9)5-7-6-18-10(12)13-7/h6H,2-5H2,1H3,(H2,12,13). The first kappa shape index (κ1) is 11.6. The van der Waals surface area contributed by atoms with E-state index in [1.165, 1.54) is 11.3 Å². The molecule has 0 atom stereocenters. The van der Waals surface area contributed by atoms with E-state index in [9.17, 15) is 0 Å². The smallest absolute Gasteiger partial charge is 0.232 e. The van der Waals surface area contributed by atoms with Crippen LogP contribution in [0.4, 0.5) is 5.13 Å². The summed E-state index contributed by atoms with van der Waals surface area (Å²) in [5.41, 5.74) is 6.10. The minimum atomic E-state index is -0.331. The Balaban J connectivity index is 1.77. The highest BCUT2D eigenvalue weighted by atomic mass is 32.1. The van der Waals surface area contributed by atoms with Gasteiger partial charge in [0, 0.05) is 12.5 Å². The van der Waals surface area contributed by atoms with Crippen molar-refractivity contribution in [2.45, 2.75) is 31.3 Å². The molecule has 0 aliphatic heterocycles. The van der Waals surface area contributed by atoms with Gasteiger partial charge in [-0.3, -0.25) is 0 Å². The van der Waals surface area contributed by atoms with Crippen molar-refractivity contribution in [1.82, 2.24) is 15.1 Å². The van der Waals surface area contributed by atoms with Crippen LogP contribution in [0.1, 0.15) is 36.7 Å². The van der Waals surface area contributed by atoms with Crippen molar-refractivity contribution in [3.05, 3.63) is 22.8 Å². The van der Waals surface area contributed by atoms with Crippen LogP contribution in [0.25, 0.3) is 0 Å². The van der Waals surface area contributed by atoms with Crippen LogP contribution in [0.15, 0.2) is 9.90 Å². The quantitative estimate of drug-likeness (QED) is 0.906. The Bertz CT molecular complexity index is 541. The molecule has 0 amide bonds. The zero-order chi connectivity index (χ0) is 12.6. The van der Waals surface area contributed by atoms with Crippen LogP contribution in [0.2, 0.25) is 0 Å². The first-order valence-corrected chi connectivity index (χ1v) is 6.68. The van der Waals surface area contributed by atoms with Gasteiger partial charge in [-0.15, -0.1) is 11.3 Å². The van der Waals surface area contributed by atoms with E-state index < -0.39 is 0 Å². The summed E-state index contributed by atoms with van der Waals surface area (Å²) in [5.74, 6) is 1.20. The van der Waals surface area contributed by atoms with Crippen LogP contribution in [0, 0.1) is 0 Å². The lowest BCUT2D eigenvalue weighted by Gasteiger charge is -2.37. The van der Waals surface area contributed by atoms with Gasteiger partial charge in [0.1, 0.15) is 5.60 Å². The molecule has 3 rings (SSSR count). The van der Waals surface area contributed by atoms with E-state index in [2.05, 4.69) is 15.1 Å². The number of methoxy groups -OCH3 is 1. The normalized spacial score (nSPS) is 17.6. The molecule has 1 fully saturated rings. The fourth-order valence-electron chi connectivity index (χ4n) is 2.09. The molecule has 0 bridgehead atoms. The van der Waals surface area contributed by atoms with Gasteiger partial charge in [0.05, 0.1) is 12.1 Å². The Labute approximate surface area is 108 Å². The molecule has 7 heteroatoms. The largest absolute Gasteiger partial charge is 0.375 e. The number of nitrogen functional groups attached to an aromatic ring is 1. The maximum atomic E-state index is 5.58. The second kappa shape index (κ2) is 4.33. The molecule has 1 aliphatic rings. The van der Waals surface area contributed by atoms with Gasteiger partial charge in [-0.1, -0.05) is 5.16 Å². The van der Waals surface area contributed by atoms with Gasteiger partial charge in [-0.2, -0.15) is 4.98 Å². The molecule has 1 saturated carbocycles. The zero-order valence-corrected chi connectivity index (χ0v) is 10.9. The van der Waals surface area contributed by atoms with Gasteiger partial charge in [-0.05, 0) is 19.3 Å². The third-order valence-electron chi connectivity index (χ3n) is 3.33. The van der Waals surface area contributed by atoms with Crippen molar-refractivity contribution in [3.8, 4) is 0 Å². The first-order chi connectivity index (χ1) is 8.72. The van der Waals surface area contributed by atoms with E-state index in [4.69, 9.17) is 15.0 Å². The molecular weight excluding hydrogens is 252 g/mol. The molecule has 2 aromatic rings. The number of rotatable bonds is 4. The fraction of sp³-hybridized carbons (Fsp3) is 0.545. The molecular formula is C11H14N4O2S. The predicted molar refractivity (Wildman–Crippen MR) is 66.2 cm³/mol. The van der Waals surface area contributed by atoms with Crippen molar-refractivity contribution >= 4 is 16.5 Å².